The third-order valence-electron chi connectivity index (χ3n) is 2.71. The van der Waals surface area contributed by atoms with E-state index in [0.717, 1.165) is 6.42 Å². The summed E-state index contributed by atoms with van der Waals surface area (Å²) in [7, 11) is 0. The quantitative estimate of drug-likeness (QED) is 0.814. The first-order chi connectivity index (χ1) is 7.88. The van der Waals surface area contributed by atoms with E-state index in [9.17, 15) is 0 Å². The van der Waals surface area contributed by atoms with Crippen LogP contribution in [-0.2, 0) is 6.54 Å². The predicted octanol–water partition coefficient (Wildman–Crippen LogP) is 3.43. The van der Waals surface area contributed by atoms with Gasteiger partial charge in [0.1, 0.15) is 0 Å². The Balaban J connectivity index is 2.05. The molecule has 0 aromatic heterocycles. The van der Waals surface area contributed by atoms with Crippen molar-refractivity contribution >= 4 is 6.08 Å². The Kier molecular flexibility index (Phi) is 3.73. The number of rotatable bonds is 3. The van der Waals surface area contributed by atoms with E-state index in [2.05, 4.69) is 54.6 Å². The molecule has 82 valence electrons. The second-order valence-corrected chi connectivity index (χ2v) is 3.96. The van der Waals surface area contributed by atoms with Gasteiger partial charge in [-0.1, -0.05) is 54.6 Å². The number of benzene rings is 1. The van der Waals surface area contributed by atoms with Gasteiger partial charge in [0.2, 0.25) is 0 Å². The summed E-state index contributed by atoms with van der Waals surface area (Å²) in [6.45, 7) is 0.609. The van der Waals surface area contributed by atoms with Crippen LogP contribution in [0.1, 0.15) is 24.0 Å². The van der Waals surface area contributed by atoms with Crippen molar-refractivity contribution < 1.29 is 0 Å². The molecule has 2 N–H and O–H groups in total. The van der Waals surface area contributed by atoms with Crippen LogP contribution in [-0.4, -0.2) is 0 Å². The summed E-state index contributed by atoms with van der Waals surface area (Å²) < 4.78 is 0. The van der Waals surface area contributed by atoms with Crippen LogP contribution in [0.3, 0.4) is 0 Å². The number of hydrogen-bond acceptors (Lipinski definition) is 1. The monoisotopic (exact) mass is 211 g/mol. The number of nitrogens with two attached hydrogens (primary N) is 1. The van der Waals surface area contributed by atoms with Gasteiger partial charge >= 0.3 is 0 Å². The van der Waals surface area contributed by atoms with Crippen LogP contribution < -0.4 is 5.73 Å². The maximum atomic E-state index is 5.55. The van der Waals surface area contributed by atoms with Gasteiger partial charge in [0.15, 0.2) is 0 Å². The third kappa shape index (κ3) is 2.94. The van der Waals surface area contributed by atoms with Crippen LogP contribution in [0.25, 0.3) is 6.08 Å². The third-order valence-corrected chi connectivity index (χ3v) is 2.71. The highest BCUT2D eigenvalue weighted by Gasteiger charge is 1.93. The van der Waals surface area contributed by atoms with Crippen LogP contribution in [0, 0.1) is 0 Å². The number of hydrogen-bond donors (Lipinski definition) is 1. The van der Waals surface area contributed by atoms with Gasteiger partial charge in [0.05, 0.1) is 0 Å². The lowest BCUT2D eigenvalue weighted by Gasteiger charge is -2.01. The molecule has 0 unspecified atom stereocenters. The lowest BCUT2D eigenvalue weighted by atomic mass is 10.1. The van der Waals surface area contributed by atoms with E-state index in [1.54, 1.807) is 0 Å². The molecule has 0 atom stereocenters. The molecular weight excluding hydrogens is 194 g/mol. The highest BCUT2D eigenvalue weighted by Crippen LogP contribution is 2.13. The first-order valence-corrected chi connectivity index (χ1v) is 5.72. The zero-order chi connectivity index (χ0) is 11.2. The van der Waals surface area contributed by atoms with E-state index < -0.39 is 0 Å². The molecule has 1 aromatic carbocycles. The van der Waals surface area contributed by atoms with Crippen LogP contribution in [0.5, 0.6) is 0 Å². The van der Waals surface area contributed by atoms with E-state index >= 15 is 0 Å². The Hall–Kier alpha value is -1.60. The minimum atomic E-state index is 0.609. The first kappa shape index (κ1) is 10.9. The summed E-state index contributed by atoms with van der Waals surface area (Å²) in [6.07, 6.45) is 13.3. The summed E-state index contributed by atoms with van der Waals surface area (Å²) in [6, 6.07) is 8.35. The molecule has 0 radical (unpaired) electrons. The molecule has 0 fully saturated rings. The Bertz CT molecular complexity index is 421. The zero-order valence-corrected chi connectivity index (χ0v) is 9.39. The normalized spacial score (nSPS) is 15.4. The van der Waals surface area contributed by atoms with E-state index in [0.29, 0.717) is 6.54 Å². The van der Waals surface area contributed by atoms with Gasteiger partial charge in [-0.2, -0.15) is 0 Å². The van der Waals surface area contributed by atoms with Crippen molar-refractivity contribution in [2.75, 3.05) is 0 Å². The molecule has 1 nitrogen and oxygen atoms in total. The molecule has 0 saturated heterocycles. The molecule has 1 heteroatoms. The van der Waals surface area contributed by atoms with Gasteiger partial charge in [-0.15, -0.1) is 0 Å². The fourth-order valence-corrected chi connectivity index (χ4v) is 1.71. The smallest absolute Gasteiger partial charge is 0.0178 e. The van der Waals surface area contributed by atoms with Crippen molar-refractivity contribution in [1.29, 1.82) is 0 Å². The van der Waals surface area contributed by atoms with Gasteiger partial charge in [-0.3, -0.25) is 0 Å². The molecule has 1 aliphatic carbocycles. The number of allylic oxidation sites excluding steroid dienone is 5. The molecule has 0 heterocycles. The molecule has 1 aromatic rings. The van der Waals surface area contributed by atoms with Crippen molar-refractivity contribution in [3.8, 4) is 0 Å². The lowest BCUT2D eigenvalue weighted by Crippen LogP contribution is -1.94. The second-order valence-electron chi connectivity index (χ2n) is 3.96. The first-order valence-electron chi connectivity index (χ1n) is 5.72. The van der Waals surface area contributed by atoms with Crippen LogP contribution in [0.4, 0.5) is 0 Å². The molecule has 0 bridgehead atoms. The Morgan fingerprint density at radius 2 is 1.88 bits per heavy atom. The fraction of sp³-hybridized carbons (Fsp3) is 0.200. The second kappa shape index (κ2) is 5.47. The van der Waals surface area contributed by atoms with Crippen molar-refractivity contribution in [3.05, 3.63) is 65.3 Å². The average Bonchev–Trinajstić information content (AvgIpc) is 2.38. The largest absolute Gasteiger partial charge is 0.326 e. The molecule has 16 heavy (non-hydrogen) atoms. The van der Waals surface area contributed by atoms with E-state index in [1.165, 1.54) is 23.1 Å². The minimum Gasteiger partial charge on any atom is -0.326 e. The van der Waals surface area contributed by atoms with Crippen LogP contribution >= 0.6 is 0 Å². The minimum absolute atomic E-state index is 0.609. The average molecular weight is 211 g/mol. The van der Waals surface area contributed by atoms with E-state index in [4.69, 9.17) is 5.73 Å². The van der Waals surface area contributed by atoms with Crippen molar-refractivity contribution in [1.82, 2.24) is 0 Å². The maximum absolute atomic E-state index is 5.55. The zero-order valence-electron chi connectivity index (χ0n) is 9.39. The SMILES string of the molecule is NCc1ccc(/C=C/C2=CCCC=C2)cc1. The molecule has 1 aliphatic rings. The Labute approximate surface area is 97.0 Å². The van der Waals surface area contributed by atoms with Crippen LogP contribution in [0.15, 0.2) is 54.1 Å². The van der Waals surface area contributed by atoms with Gasteiger partial charge < -0.3 is 5.73 Å². The summed E-state index contributed by atoms with van der Waals surface area (Å²) in [4.78, 5) is 0. The molecule has 2 rings (SSSR count). The summed E-state index contributed by atoms with van der Waals surface area (Å²) >= 11 is 0. The van der Waals surface area contributed by atoms with Crippen molar-refractivity contribution in [2.24, 2.45) is 5.73 Å². The molecule has 0 spiro atoms. The molecular formula is C15H17N. The molecule has 0 saturated carbocycles. The molecule has 0 aliphatic heterocycles. The highest BCUT2D eigenvalue weighted by molar-refractivity contribution is 5.55. The lowest BCUT2D eigenvalue weighted by molar-refractivity contribution is 1.03. The van der Waals surface area contributed by atoms with Gasteiger partial charge in [-0.05, 0) is 29.5 Å². The summed E-state index contributed by atoms with van der Waals surface area (Å²) in [5.74, 6) is 0. The standard InChI is InChI=1S/C15H17N/c16-12-15-10-8-14(9-11-15)7-6-13-4-2-1-3-5-13/h2,4-11H,1,3,12,16H2/b7-6+. The summed E-state index contributed by atoms with van der Waals surface area (Å²) in [5, 5.41) is 0. The van der Waals surface area contributed by atoms with Crippen LogP contribution in [0.2, 0.25) is 0 Å². The predicted molar refractivity (Wildman–Crippen MR) is 69.8 cm³/mol. The van der Waals surface area contributed by atoms with E-state index in [-0.39, 0.29) is 0 Å². The van der Waals surface area contributed by atoms with Gasteiger partial charge in [-0.25, -0.2) is 0 Å². The maximum Gasteiger partial charge on any atom is 0.0178 e. The van der Waals surface area contributed by atoms with Crippen molar-refractivity contribution in [2.45, 2.75) is 19.4 Å². The summed E-state index contributed by atoms with van der Waals surface area (Å²) in [5.41, 5.74) is 9.25. The Morgan fingerprint density at radius 3 is 2.50 bits per heavy atom. The van der Waals surface area contributed by atoms with Crippen molar-refractivity contribution in [3.63, 3.8) is 0 Å². The van der Waals surface area contributed by atoms with Gasteiger partial charge in [0, 0.05) is 6.54 Å². The van der Waals surface area contributed by atoms with E-state index in [1.807, 2.05) is 0 Å². The topological polar surface area (TPSA) is 26.0 Å². The van der Waals surface area contributed by atoms with Gasteiger partial charge in [0.25, 0.3) is 0 Å². The molecule has 0 amide bonds. The highest BCUT2D eigenvalue weighted by atomic mass is 14.5. The fourth-order valence-electron chi connectivity index (χ4n) is 1.71. The Morgan fingerprint density at radius 1 is 1.06 bits per heavy atom.